The minimum atomic E-state index is -4.60. The van der Waals surface area contributed by atoms with E-state index in [0.29, 0.717) is 22.7 Å². The first-order valence-electron chi connectivity index (χ1n) is 7.52. The second kappa shape index (κ2) is 6.34. The molecule has 0 fully saturated rings. The molecule has 2 heterocycles. The number of fused-ring (bicyclic) bond motifs is 1. The normalized spacial score (nSPS) is 16.0. The molecular weight excluding hydrogens is 359 g/mol. The molecule has 0 aliphatic carbocycles. The third-order valence-electron chi connectivity index (χ3n) is 4.23. The summed E-state index contributed by atoms with van der Waals surface area (Å²) in [6.45, 7) is 1.18. The molecule has 0 amide bonds. The van der Waals surface area contributed by atoms with Crippen LogP contribution in [0.4, 0.5) is 13.2 Å². The Morgan fingerprint density at radius 2 is 2.00 bits per heavy atom. The van der Waals surface area contributed by atoms with Gasteiger partial charge in [-0.3, -0.25) is 14.3 Å². The van der Waals surface area contributed by atoms with Gasteiger partial charge in [0, 0.05) is 18.1 Å². The number of hydrogen-bond donors (Lipinski definition) is 1. The average molecular weight is 374 g/mol. The Kier molecular flexibility index (Phi) is 4.51. The van der Waals surface area contributed by atoms with Gasteiger partial charge in [0.1, 0.15) is 12.4 Å². The van der Waals surface area contributed by atoms with Gasteiger partial charge in [-0.1, -0.05) is 17.7 Å². The number of benzene rings is 1. The van der Waals surface area contributed by atoms with Crippen LogP contribution in [0.3, 0.4) is 0 Å². The molecule has 0 bridgehead atoms. The monoisotopic (exact) mass is 373 g/mol. The Bertz CT molecular complexity index is 867. The summed E-state index contributed by atoms with van der Waals surface area (Å²) in [7, 11) is 0. The average Bonchev–Trinajstić information content (AvgIpc) is 2.93. The van der Waals surface area contributed by atoms with E-state index in [1.54, 1.807) is 13.0 Å². The fourth-order valence-corrected chi connectivity index (χ4v) is 3.18. The first-order chi connectivity index (χ1) is 11.7. The number of hydrogen-bond acceptors (Lipinski definition) is 4. The van der Waals surface area contributed by atoms with E-state index in [0.717, 1.165) is 17.3 Å². The van der Waals surface area contributed by atoms with Crippen LogP contribution in [-0.4, -0.2) is 25.7 Å². The van der Waals surface area contributed by atoms with Crippen molar-refractivity contribution in [3.8, 4) is 5.75 Å². The summed E-state index contributed by atoms with van der Waals surface area (Å²) in [5.41, 5.74) is 0.913. The molecule has 0 spiro atoms. The molecule has 5 nitrogen and oxygen atoms in total. The Morgan fingerprint density at radius 3 is 2.68 bits per heavy atom. The molecule has 3 rings (SSSR count). The van der Waals surface area contributed by atoms with Crippen molar-refractivity contribution in [2.24, 2.45) is 0 Å². The minimum absolute atomic E-state index is 0.0426. The molecule has 25 heavy (non-hydrogen) atoms. The molecule has 0 unspecified atom stereocenters. The maximum atomic E-state index is 12.8. The highest BCUT2D eigenvalue weighted by Crippen LogP contribution is 2.32. The summed E-state index contributed by atoms with van der Waals surface area (Å²) in [5.74, 6) is -0.851. The number of aromatic hydroxyl groups is 1. The highest BCUT2D eigenvalue weighted by atomic mass is 35.5. The lowest BCUT2D eigenvalue weighted by molar-refractivity contribution is -0.142. The van der Waals surface area contributed by atoms with Crippen LogP contribution in [0.1, 0.15) is 29.9 Å². The molecule has 1 atom stereocenters. The zero-order chi connectivity index (χ0) is 18.4. The summed E-state index contributed by atoms with van der Waals surface area (Å²) in [5, 5.41) is 10.0. The zero-order valence-electron chi connectivity index (χ0n) is 13.2. The molecule has 1 aromatic carbocycles. The maximum absolute atomic E-state index is 12.8. The fraction of sp³-hybridized carbons (Fsp3) is 0.375. The Hall–Kier alpha value is -2.06. The number of alkyl halides is 3. The standard InChI is InChI=1S/C16H15ClF3N3O2/c1-9(22-6-10-2-3-12(17)4-11(10)7-22)14-21-5-13(24)15(25)23(14)8-16(18,19)20/h2-5,9,24H,6-8H2,1H3/t9-/m0/s1. The largest absolute Gasteiger partial charge is 0.502 e. The molecule has 9 heteroatoms. The van der Waals surface area contributed by atoms with Gasteiger partial charge in [0.15, 0.2) is 5.75 Å². The van der Waals surface area contributed by atoms with Crippen LogP contribution in [0.15, 0.2) is 29.2 Å². The Labute approximate surface area is 146 Å². The molecule has 0 saturated heterocycles. The molecule has 134 valence electrons. The van der Waals surface area contributed by atoms with Crippen LogP contribution in [0.5, 0.6) is 5.75 Å². The summed E-state index contributed by atoms with van der Waals surface area (Å²) in [4.78, 5) is 17.8. The van der Waals surface area contributed by atoms with Crippen molar-refractivity contribution < 1.29 is 18.3 Å². The van der Waals surface area contributed by atoms with Crippen LogP contribution < -0.4 is 5.56 Å². The smallest absolute Gasteiger partial charge is 0.406 e. The lowest BCUT2D eigenvalue weighted by atomic mass is 10.1. The van der Waals surface area contributed by atoms with Gasteiger partial charge in [0.05, 0.1) is 12.2 Å². The number of rotatable bonds is 3. The topological polar surface area (TPSA) is 58.4 Å². The Balaban J connectivity index is 1.94. The first-order valence-corrected chi connectivity index (χ1v) is 7.90. The van der Waals surface area contributed by atoms with Crippen molar-refractivity contribution in [3.05, 3.63) is 56.7 Å². The molecule has 0 radical (unpaired) electrons. The van der Waals surface area contributed by atoms with E-state index < -0.39 is 30.1 Å². The van der Waals surface area contributed by atoms with Crippen molar-refractivity contribution in [1.82, 2.24) is 14.5 Å². The van der Waals surface area contributed by atoms with Crippen LogP contribution in [-0.2, 0) is 19.6 Å². The summed E-state index contributed by atoms with van der Waals surface area (Å²) in [6.07, 6.45) is -3.71. The quantitative estimate of drug-likeness (QED) is 0.897. The molecule has 1 aliphatic heterocycles. The van der Waals surface area contributed by atoms with Gasteiger partial charge in [-0.15, -0.1) is 0 Å². The van der Waals surface area contributed by atoms with Crippen molar-refractivity contribution >= 4 is 11.6 Å². The van der Waals surface area contributed by atoms with Crippen molar-refractivity contribution in [1.29, 1.82) is 0 Å². The highest BCUT2D eigenvalue weighted by Gasteiger charge is 2.33. The van der Waals surface area contributed by atoms with Gasteiger partial charge in [-0.2, -0.15) is 13.2 Å². The lowest BCUT2D eigenvalue weighted by Gasteiger charge is -2.26. The molecule has 2 aromatic rings. The molecular formula is C16H15ClF3N3O2. The molecule has 1 aliphatic rings. The van der Waals surface area contributed by atoms with E-state index >= 15 is 0 Å². The van der Waals surface area contributed by atoms with Crippen LogP contribution in [0.2, 0.25) is 5.02 Å². The predicted molar refractivity (Wildman–Crippen MR) is 85.3 cm³/mol. The van der Waals surface area contributed by atoms with Gasteiger partial charge in [-0.25, -0.2) is 4.98 Å². The fourth-order valence-electron chi connectivity index (χ4n) is 2.99. The van der Waals surface area contributed by atoms with Gasteiger partial charge in [-0.05, 0) is 30.2 Å². The number of halogens is 4. The van der Waals surface area contributed by atoms with Gasteiger partial charge < -0.3 is 5.11 Å². The van der Waals surface area contributed by atoms with E-state index in [9.17, 15) is 23.1 Å². The summed E-state index contributed by atoms with van der Waals surface area (Å²) < 4.78 is 39.0. The second-order valence-corrected chi connectivity index (χ2v) is 6.44. The van der Waals surface area contributed by atoms with E-state index in [1.165, 1.54) is 0 Å². The third kappa shape index (κ3) is 3.64. The second-order valence-electron chi connectivity index (χ2n) is 6.00. The SMILES string of the molecule is C[C@@H](c1ncc(O)c(=O)n1CC(F)(F)F)N1Cc2ccc(Cl)cc2C1. The lowest BCUT2D eigenvalue weighted by Crippen LogP contribution is -2.35. The first kappa shape index (κ1) is 17.8. The molecule has 1 aromatic heterocycles. The molecule has 1 N–H and O–H groups in total. The van der Waals surface area contributed by atoms with Crippen LogP contribution >= 0.6 is 11.6 Å². The van der Waals surface area contributed by atoms with Crippen molar-refractivity contribution in [2.75, 3.05) is 0 Å². The summed E-state index contributed by atoms with van der Waals surface area (Å²) >= 11 is 5.97. The maximum Gasteiger partial charge on any atom is 0.406 e. The van der Waals surface area contributed by atoms with Gasteiger partial charge >= 0.3 is 6.18 Å². The van der Waals surface area contributed by atoms with E-state index in [-0.39, 0.29) is 5.82 Å². The van der Waals surface area contributed by atoms with E-state index in [2.05, 4.69) is 4.98 Å². The summed E-state index contributed by atoms with van der Waals surface area (Å²) in [6, 6.07) is 4.89. The van der Waals surface area contributed by atoms with E-state index in [4.69, 9.17) is 11.6 Å². The van der Waals surface area contributed by atoms with Crippen LogP contribution in [0, 0.1) is 0 Å². The van der Waals surface area contributed by atoms with Crippen LogP contribution in [0.25, 0.3) is 0 Å². The minimum Gasteiger partial charge on any atom is -0.502 e. The van der Waals surface area contributed by atoms with Crippen molar-refractivity contribution in [2.45, 2.75) is 38.8 Å². The van der Waals surface area contributed by atoms with Crippen molar-refractivity contribution in [3.63, 3.8) is 0 Å². The molecule has 0 saturated carbocycles. The van der Waals surface area contributed by atoms with Gasteiger partial charge in [0.25, 0.3) is 5.56 Å². The zero-order valence-corrected chi connectivity index (χ0v) is 14.0. The predicted octanol–water partition coefficient (Wildman–Crippen LogP) is 3.24. The third-order valence-corrected chi connectivity index (χ3v) is 4.47. The number of aromatic nitrogens is 2. The Morgan fingerprint density at radius 1 is 1.32 bits per heavy atom. The van der Waals surface area contributed by atoms with Gasteiger partial charge in [0.2, 0.25) is 0 Å². The number of nitrogens with zero attached hydrogens (tertiary/aromatic N) is 3. The highest BCUT2D eigenvalue weighted by molar-refractivity contribution is 6.30. The van der Waals surface area contributed by atoms with E-state index in [1.807, 2.05) is 17.0 Å².